The molecule has 2 atom stereocenters. The molecule has 19 heavy (non-hydrogen) atoms. The number of carbonyl (C=O) groups excluding carboxylic acids is 1. The number of benzene rings is 1. The second-order valence-electron chi connectivity index (χ2n) is 5.50. The summed E-state index contributed by atoms with van der Waals surface area (Å²) in [6.45, 7) is 7.12. The molecule has 3 heteroatoms. The van der Waals surface area contributed by atoms with Crippen LogP contribution in [0, 0.1) is 0 Å². The van der Waals surface area contributed by atoms with Crippen LogP contribution < -0.4 is 10.1 Å². The highest BCUT2D eigenvalue weighted by molar-refractivity contribution is 5.81. The molecule has 1 aliphatic heterocycles. The highest BCUT2D eigenvalue weighted by Gasteiger charge is 2.43. The van der Waals surface area contributed by atoms with Gasteiger partial charge in [0.15, 0.2) is 0 Å². The van der Waals surface area contributed by atoms with Crippen LogP contribution in [0.2, 0.25) is 0 Å². The third kappa shape index (κ3) is 2.75. The van der Waals surface area contributed by atoms with E-state index < -0.39 is 0 Å². The first-order valence-electron chi connectivity index (χ1n) is 7.13. The van der Waals surface area contributed by atoms with Gasteiger partial charge in [-0.25, -0.2) is 0 Å². The van der Waals surface area contributed by atoms with Crippen molar-refractivity contribution in [3.8, 4) is 5.75 Å². The van der Waals surface area contributed by atoms with Crippen molar-refractivity contribution in [2.24, 2.45) is 0 Å². The van der Waals surface area contributed by atoms with E-state index in [1.807, 2.05) is 12.1 Å². The average molecular weight is 261 g/mol. The third-order valence-corrected chi connectivity index (χ3v) is 4.03. The number of carbonyl (C=O) groups is 1. The second-order valence-corrected chi connectivity index (χ2v) is 5.50. The molecule has 2 rings (SSSR count). The van der Waals surface area contributed by atoms with Gasteiger partial charge in [-0.3, -0.25) is 4.79 Å². The van der Waals surface area contributed by atoms with Crippen molar-refractivity contribution in [3.63, 3.8) is 0 Å². The van der Waals surface area contributed by atoms with E-state index in [0.29, 0.717) is 6.42 Å². The minimum absolute atomic E-state index is 0.102. The monoisotopic (exact) mass is 261 g/mol. The predicted octanol–water partition coefficient (Wildman–Crippen LogP) is 3.03. The van der Waals surface area contributed by atoms with Crippen LogP contribution in [0.3, 0.4) is 0 Å². The van der Waals surface area contributed by atoms with Crippen LogP contribution in [0.4, 0.5) is 0 Å². The number of hydrogen-bond donors (Lipinski definition) is 1. The van der Waals surface area contributed by atoms with Crippen molar-refractivity contribution in [3.05, 3.63) is 29.8 Å². The van der Waals surface area contributed by atoms with Gasteiger partial charge in [0, 0.05) is 17.9 Å². The Morgan fingerprint density at radius 1 is 1.32 bits per heavy atom. The predicted molar refractivity (Wildman–Crippen MR) is 76.4 cm³/mol. The Morgan fingerprint density at radius 3 is 2.58 bits per heavy atom. The van der Waals surface area contributed by atoms with Crippen LogP contribution in [0.5, 0.6) is 5.75 Å². The smallest absolute Gasteiger partial charge is 0.221 e. The van der Waals surface area contributed by atoms with Crippen LogP contribution >= 0.6 is 0 Å². The number of rotatable bonds is 5. The van der Waals surface area contributed by atoms with Crippen LogP contribution in [0.15, 0.2) is 24.3 Å². The van der Waals surface area contributed by atoms with Gasteiger partial charge >= 0.3 is 0 Å². The van der Waals surface area contributed by atoms with Crippen molar-refractivity contribution < 1.29 is 9.53 Å². The number of nitrogens with one attached hydrogen (secondary N) is 1. The van der Waals surface area contributed by atoms with Gasteiger partial charge in [0.2, 0.25) is 5.91 Å². The highest BCUT2D eigenvalue weighted by Crippen LogP contribution is 2.37. The number of hydrogen-bond acceptors (Lipinski definition) is 2. The van der Waals surface area contributed by atoms with Gasteiger partial charge in [0.1, 0.15) is 5.75 Å². The molecule has 104 valence electrons. The summed E-state index contributed by atoms with van der Waals surface area (Å²) in [4.78, 5) is 11.7. The van der Waals surface area contributed by atoms with Gasteiger partial charge in [0.25, 0.3) is 0 Å². The molecule has 1 heterocycles. The van der Waals surface area contributed by atoms with Crippen molar-refractivity contribution in [1.29, 1.82) is 0 Å². The van der Waals surface area contributed by atoms with Crippen LogP contribution in [-0.2, 0) is 10.2 Å². The molecule has 1 saturated heterocycles. The summed E-state index contributed by atoms with van der Waals surface area (Å²) in [5.41, 5.74) is 1.11. The lowest BCUT2D eigenvalue weighted by atomic mass is 9.75. The van der Waals surface area contributed by atoms with E-state index in [-0.39, 0.29) is 17.4 Å². The molecule has 1 aromatic rings. The maximum absolute atomic E-state index is 11.7. The van der Waals surface area contributed by atoms with Gasteiger partial charge in [-0.2, -0.15) is 0 Å². The molecule has 1 aliphatic rings. The summed E-state index contributed by atoms with van der Waals surface area (Å²) in [5.74, 6) is 1.06. The summed E-state index contributed by atoms with van der Waals surface area (Å²) < 4.78 is 5.60. The normalized spacial score (nSPS) is 26.3. The summed E-state index contributed by atoms with van der Waals surface area (Å²) >= 11 is 0. The highest BCUT2D eigenvalue weighted by atomic mass is 16.5. The molecule has 1 amide bonds. The third-order valence-electron chi connectivity index (χ3n) is 4.03. The van der Waals surface area contributed by atoms with E-state index >= 15 is 0 Å². The molecule has 0 aromatic heterocycles. The SMILES string of the molecule is CCCOc1ccc(C2(C)CC(=O)NC2CC)cc1. The molecule has 1 aromatic carbocycles. The molecule has 2 unspecified atom stereocenters. The molecular weight excluding hydrogens is 238 g/mol. The van der Waals surface area contributed by atoms with Crippen molar-refractivity contribution in [1.82, 2.24) is 5.32 Å². The first-order chi connectivity index (χ1) is 9.10. The Hall–Kier alpha value is -1.51. The quantitative estimate of drug-likeness (QED) is 0.884. The summed E-state index contributed by atoms with van der Waals surface area (Å²) in [5, 5.41) is 3.07. The largest absolute Gasteiger partial charge is 0.494 e. The number of amides is 1. The molecule has 0 bridgehead atoms. The molecule has 0 radical (unpaired) electrons. The summed E-state index contributed by atoms with van der Waals surface area (Å²) in [7, 11) is 0. The first kappa shape index (κ1) is 13.9. The minimum atomic E-state index is -0.102. The Labute approximate surface area is 115 Å². The summed E-state index contributed by atoms with van der Waals surface area (Å²) in [6.07, 6.45) is 2.53. The molecule has 0 saturated carbocycles. The molecule has 1 N–H and O–H groups in total. The Balaban J connectivity index is 2.18. The van der Waals surface area contributed by atoms with Crippen molar-refractivity contribution in [2.45, 2.75) is 51.5 Å². The van der Waals surface area contributed by atoms with E-state index in [0.717, 1.165) is 25.2 Å². The fourth-order valence-corrected chi connectivity index (χ4v) is 2.87. The van der Waals surface area contributed by atoms with Crippen LogP contribution in [-0.4, -0.2) is 18.6 Å². The van der Waals surface area contributed by atoms with Gasteiger partial charge in [-0.15, -0.1) is 0 Å². The standard InChI is InChI=1S/C16H23NO2/c1-4-10-19-13-8-6-12(7-9-13)16(3)11-15(18)17-14(16)5-2/h6-9,14H,4-5,10-11H2,1-3H3,(H,17,18). The zero-order chi connectivity index (χ0) is 13.9. The maximum atomic E-state index is 11.7. The lowest BCUT2D eigenvalue weighted by Crippen LogP contribution is -2.37. The van der Waals surface area contributed by atoms with Gasteiger partial charge in [-0.1, -0.05) is 32.9 Å². The zero-order valence-electron chi connectivity index (χ0n) is 12.0. The van der Waals surface area contributed by atoms with Gasteiger partial charge in [0.05, 0.1) is 6.61 Å². The molecule has 1 fully saturated rings. The lowest BCUT2D eigenvalue weighted by molar-refractivity contribution is -0.119. The van der Waals surface area contributed by atoms with Gasteiger partial charge < -0.3 is 10.1 Å². The van der Waals surface area contributed by atoms with E-state index in [9.17, 15) is 4.79 Å². The molecular formula is C16H23NO2. The first-order valence-corrected chi connectivity index (χ1v) is 7.13. The molecule has 0 spiro atoms. The molecule has 0 aliphatic carbocycles. The van der Waals surface area contributed by atoms with E-state index in [1.54, 1.807) is 0 Å². The number of ether oxygens (including phenoxy) is 1. The Bertz CT molecular complexity index is 441. The van der Waals surface area contributed by atoms with Crippen molar-refractivity contribution in [2.75, 3.05) is 6.61 Å². The minimum Gasteiger partial charge on any atom is -0.494 e. The van der Waals surface area contributed by atoms with Crippen LogP contribution in [0.1, 0.15) is 45.6 Å². The van der Waals surface area contributed by atoms with E-state index in [2.05, 4.69) is 38.2 Å². The maximum Gasteiger partial charge on any atom is 0.221 e. The van der Waals surface area contributed by atoms with E-state index in [1.165, 1.54) is 5.56 Å². The summed E-state index contributed by atoms with van der Waals surface area (Å²) in [6, 6.07) is 8.42. The molecule has 3 nitrogen and oxygen atoms in total. The van der Waals surface area contributed by atoms with E-state index in [4.69, 9.17) is 4.74 Å². The fourth-order valence-electron chi connectivity index (χ4n) is 2.87. The fraction of sp³-hybridized carbons (Fsp3) is 0.562. The van der Waals surface area contributed by atoms with Crippen molar-refractivity contribution >= 4 is 5.91 Å². The van der Waals surface area contributed by atoms with Gasteiger partial charge in [-0.05, 0) is 30.5 Å². The zero-order valence-corrected chi connectivity index (χ0v) is 12.0. The van der Waals surface area contributed by atoms with Crippen LogP contribution in [0.25, 0.3) is 0 Å². The Kier molecular flexibility index (Phi) is 4.13. The average Bonchev–Trinajstić information content (AvgIpc) is 2.72. The topological polar surface area (TPSA) is 38.3 Å². The second kappa shape index (κ2) is 5.64. The lowest BCUT2D eigenvalue weighted by Gasteiger charge is -2.30. The Morgan fingerprint density at radius 2 is 2.00 bits per heavy atom.